The molecular weight excluding hydrogens is 390 g/mol. The number of alkyl halides is 6. The number of hydrogen-bond donors (Lipinski definition) is 1. The number of likely N-dealkylation sites (tertiary alicyclic amines) is 1. The SMILES string of the molecule is O=C(/C=C/c1cccc(C(F)(F)F)c1C(F)(F)F)NCCCN1CCCC1=O. The van der Waals surface area contributed by atoms with E-state index in [0.717, 1.165) is 24.6 Å². The summed E-state index contributed by atoms with van der Waals surface area (Å²) in [6, 6.07) is 2.06. The molecule has 1 aliphatic rings. The van der Waals surface area contributed by atoms with Crippen molar-refractivity contribution in [2.75, 3.05) is 19.6 Å². The van der Waals surface area contributed by atoms with Gasteiger partial charge in [-0.1, -0.05) is 12.1 Å². The molecule has 0 aliphatic carbocycles. The van der Waals surface area contributed by atoms with Crippen molar-refractivity contribution in [3.63, 3.8) is 0 Å². The molecule has 1 heterocycles. The average Bonchev–Trinajstić information content (AvgIpc) is 3.00. The van der Waals surface area contributed by atoms with Gasteiger partial charge in [0.1, 0.15) is 0 Å². The Kier molecular flexibility index (Phi) is 6.73. The van der Waals surface area contributed by atoms with Crippen molar-refractivity contribution in [2.45, 2.75) is 31.6 Å². The van der Waals surface area contributed by atoms with Gasteiger partial charge in [-0.25, -0.2) is 0 Å². The maximum absolute atomic E-state index is 13.1. The quantitative estimate of drug-likeness (QED) is 0.442. The topological polar surface area (TPSA) is 49.4 Å². The molecule has 0 bridgehead atoms. The first-order valence-electron chi connectivity index (χ1n) is 8.51. The Balaban J connectivity index is 2.01. The van der Waals surface area contributed by atoms with Gasteiger partial charge in [0.25, 0.3) is 0 Å². The predicted octanol–water partition coefficient (Wildman–Crippen LogP) is 3.87. The minimum absolute atomic E-state index is 0.0375. The second kappa shape index (κ2) is 8.66. The van der Waals surface area contributed by atoms with Gasteiger partial charge in [-0.05, 0) is 30.5 Å². The van der Waals surface area contributed by atoms with Gasteiger partial charge < -0.3 is 10.2 Å². The molecule has 10 heteroatoms. The van der Waals surface area contributed by atoms with Crippen molar-refractivity contribution in [1.29, 1.82) is 0 Å². The fourth-order valence-electron chi connectivity index (χ4n) is 2.91. The zero-order chi connectivity index (χ0) is 20.9. The molecule has 154 valence electrons. The maximum Gasteiger partial charge on any atom is 0.417 e. The van der Waals surface area contributed by atoms with Gasteiger partial charge in [0, 0.05) is 32.1 Å². The third kappa shape index (κ3) is 5.74. The van der Waals surface area contributed by atoms with Crippen LogP contribution in [0.4, 0.5) is 26.3 Å². The average molecular weight is 408 g/mol. The number of nitrogens with zero attached hydrogens (tertiary/aromatic N) is 1. The van der Waals surface area contributed by atoms with Gasteiger partial charge in [0.05, 0.1) is 11.1 Å². The van der Waals surface area contributed by atoms with Crippen molar-refractivity contribution in [2.24, 2.45) is 0 Å². The maximum atomic E-state index is 13.1. The first kappa shape index (κ1) is 21.8. The van der Waals surface area contributed by atoms with Crippen molar-refractivity contribution in [3.8, 4) is 0 Å². The molecule has 2 rings (SSSR count). The lowest BCUT2D eigenvalue weighted by Crippen LogP contribution is -2.30. The van der Waals surface area contributed by atoms with Crippen LogP contribution in [0.5, 0.6) is 0 Å². The Bertz CT molecular complexity index is 755. The van der Waals surface area contributed by atoms with E-state index in [-0.39, 0.29) is 12.5 Å². The molecule has 0 spiro atoms. The molecule has 0 radical (unpaired) electrons. The van der Waals surface area contributed by atoms with Gasteiger partial charge in [-0.3, -0.25) is 9.59 Å². The highest BCUT2D eigenvalue weighted by Gasteiger charge is 2.44. The van der Waals surface area contributed by atoms with E-state index in [9.17, 15) is 35.9 Å². The molecule has 28 heavy (non-hydrogen) atoms. The van der Waals surface area contributed by atoms with Crippen molar-refractivity contribution < 1.29 is 35.9 Å². The molecule has 1 aliphatic heterocycles. The Morgan fingerprint density at radius 3 is 2.43 bits per heavy atom. The fraction of sp³-hybridized carbons (Fsp3) is 0.444. The summed E-state index contributed by atoms with van der Waals surface area (Å²) in [5.74, 6) is -0.700. The first-order chi connectivity index (χ1) is 13.0. The molecule has 0 atom stereocenters. The van der Waals surface area contributed by atoms with E-state index in [4.69, 9.17) is 0 Å². The predicted molar refractivity (Wildman–Crippen MR) is 88.9 cm³/mol. The van der Waals surface area contributed by atoms with Crippen LogP contribution in [0.15, 0.2) is 24.3 Å². The van der Waals surface area contributed by atoms with E-state index in [2.05, 4.69) is 5.32 Å². The Hall–Kier alpha value is -2.52. The van der Waals surface area contributed by atoms with E-state index in [1.807, 2.05) is 0 Å². The summed E-state index contributed by atoms with van der Waals surface area (Å²) in [6.45, 7) is 1.29. The second-order valence-corrected chi connectivity index (χ2v) is 6.23. The van der Waals surface area contributed by atoms with Crippen LogP contribution in [0.25, 0.3) is 6.08 Å². The molecule has 1 saturated heterocycles. The number of carbonyl (C=O) groups excluding carboxylic acids is 2. The smallest absolute Gasteiger partial charge is 0.352 e. The summed E-state index contributed by atoms with van der Waals surface area (Å²) in [4.78, 5) is 24.8. The zero-order valence-electron chi connectivity index (χ0n) is 14.7. The summed E-state index contributed by atoms with van der Waals surface area (Å²) in [6.07, 6.45) is -7.21. The van der Waals surface area contributed by atoms with Gasteiger partial charge in [0.15, 0.2) is 0 Å². The first-order valence-corrected chi connectivity index (χ1v) is 8.51. The summed E-state index contributed by atoms with van der Waals surface area (Å²) in [7, 11) is 0. The Morgan fingerprint density at radius 1 is 1.14 bits per heavy atom. The molecule has 1 N–H and O–H groups in total. The van der Waals surface area contributed by atoms with Gasteiger partial charge in [0.2, 0.25) is 11.8 Å². The van der Waals surface area contributed by atoms with Crippen molar-refractivity contribution in [1.82, 2.24) is 10.2 Å². The van der Waals surface area contributed by atoms with Crippen LogP contribution >= 0.6 is 0 Å². The summed E-state index contributed by atoms with van der Waals surface area (Å²) in [5, 5.41) is 2.43. The van der Waals surface area contributed by atoms with Crippen LogP contribution in [0, 0.1) is 0 Å². The molecule has 0 saturated carbocycles. The highest BCUT2D eigenvalue weighted by molar-refractivity contribution is 5.92. The number of halogens is 6. The van der Waals surface area contributed by atoms with E-state index < -0.39 is 35.0 Å². The molecule has 2 amide bonds. The molecule has 0 unspecified atom stereocenters. The molecule has 0 aromatic heterocycles. The monoisotopic (exact) mass is 408 g/mol. The third-order valence-corrected chi connectivity index (χ3v) is 4.18. The van der Waals surface area contributed by atoms with Gasteiger partial charge in [-0.15, -0.1) is 0 Å². The van der Waals surface area contributed by atoms with Crippen LogP contribution in [0.1, 0.15) is 36.0 Å². The standard InChI is InChI=1S/C18H18F6N2O2/c19-17(20,21)13-5-1-4-12(16(13)18(22,23)24)7-8-14(27)25-9-3-11-26-10-2-6-15(26)28/h1,4-5,7-8H,2-3,6,9-11H2,(H,25,27)/b8-7+. The zero-order valence-corrected chi connectivity index (χ0v) is 14.7. The fourth-order valence-corrected chi connectivity index (χ4v) is 2.91. The summed E-state index contributed by atoms with van der Waals surface area (Å²) in [5.41, 5.74) is -4.39. The number of benzene rings is 1. The van der Waals surface area contributed by atoms with E-state index >= 15 is 0 Å². The van der Waals surface area contributed by atoms with Crippen LogP contribution in [0.3, 0.4) is 0 Å². The van der Waals surface area contributed by atoms with E-state index in [1.54, 1.807) is 4.90 Å². The molecule has 4 nitrogen and oxygen atoms in total. The molecular formula is C18H18F6N2O2. The number of nitrogens with one attached hydrogen (secondary N) is 1. The Morgan fingerprint density at radius 2 is 1.86 bits per heavy atom. The molecule has 1 fully saturated rings. The minimum atomic E-state index is -5.23. The van der Waals surface area contributed by atoms with Crippen LogP contribution in [-0.2, 0) is 21.9 Å². The number of hydrogen-bond acceptors (Lipinski definition) is 2. The normalized spacial score (nSPS) is 15.5. The van der Waals surface area contributed by atoms with Crippen molar-refractivity contribution in [3.05, 3.63) is 41.0 Å². The summed E-state index contributed by atoms with van der Waals surface area (Å²) >= 11 is 0. The van der Waals surface area contributed by atoms with Gasteiger partial charge in [-0.2, -0.15) is 26.3 Å². The minimum Gasteiger partial charge on any atom is -0.352 e. The van der Waals surface area contributed by atoms with Crippen molar-refractivity contribution >= 4 is 17.9 Å². The van der Waals surface area contributed by atoms with Crippen LogP contribution in [-0.4, -0.2) is 36.3 Å². The highest BCUT2D eigenvalue weighted by Crippen LogP contribution is 2.42. The number of carbonyl (C=O) groups is 2. The van der Waals surface area contributed by atoms with Crippen LogP contribution < -0.4 is 5.32 Å². The summed E-state index contributed by atoms with van der Waals surface area (Å²) < 4.78 is 78.0. The molecule has 1 aromatic rings. The van der Waals surface area contributed by atoms with Gasteiger partial charge >= 0.3 is 12.4 Å². The molecule has 1 aromatic carbocycles. The third-order valence-electron chi connectivity index (χ3n) is 4.18. The lowest BCUT2D eigenvalue weighted by molar-refractivity contribution is -0.162. The van der Waals surface area contributed by atoms with E-state index in [1.165, 1.54) is 0 Å². The second-order valence-electron chi connectivity index (χ2n) is 6.23. The largest absolute Gasteiger partial charge is 0.417 e. The lowest BCUT2D eigenvalue weighted by Gasteiger charge is -2.17. The number of amides is 2. The van der Waals surface area contributed by atoms with E-state index in [0.29, 0.717) is 38.1 Å². The number of rotatable bonds is 6. The Labute approximate surface area is 157 Å². The van der Waals surface area contributed by atoms with Crippen LogP contribution in [0.2, 0.25) is 0 Å². The lowest BCUT2D eigenvalue weighted by atomic mass is 9.99. The highest BCUT2D eigenvalue weighted by atomic mass is 19.4.